The van der Waals surface area contributed by atoms with Crippen LogP contribution in [0.5, 0.6) is 0 Å². The molecule has 0 aromatic carbocycles. The summed E-state index contributed by atoms with van der Waals surface area (Å²) in [5, 5.41) is 4.52. The van der Waals surface area contributed by atoms with Gasteiger partial charge in [0.25, 0.3) is 0 Å². The Hall–Kier alpha value is -0.410. The third-order valence-corrected chi connectivity index (χ3v) is 4.20. The van der Waals surface area contributed by atoms with E-state index in [0.29, 0.717) is 0 Å². The molecular formula is C12H20N2S. The predicted octanol–water partition coefficient (Wildman–Crippen LogP) is 2.56. The Morgan fingerprint density at radius 2 is 2.00 bits per heavy atom. The number of likely N-dealkylation sites (N-methyl/N-ethyl adjacent to an activating group) is 1. The van der Waals surface area contributed by atoms with Gasteiger partial charge in [0.1, 0.15) is 0 Å². The molecule has 1 aliphatic carbocycles. The summed E-state index contributed by atoms with van der Waals surface area (Å²) in [6.07, 6.45) is 9.07. The Bertz CT molecular complexity index is 281. The van der Waals surface area contributed by atoms with E-state index >= 15 is 0 Å². The Morgan fingerprint density at radius 3 is 2.80 bits per heavy atom. The van der Waals surface area contributed by atoms with Gasteiger partial charge in [0.05, 0.1) is 10.7 Å². The molecule has 15 heavy (non-hydrogen) atoms. The summed E-state index contributed by atoms with van der Waals surface area (Å²) >= 11 is 1.95. The minimum absolute atomic E-state index is 1.05. The van der Waals surface area contributed by atoms with Crippen LogP contribution in [-0.2, 0) is 19.3 Å². The average molecular weight is 224 g/mol. The van der Waals surface area contributed by atoms with E-state index in [1.54, 1.807) is 4.88 Å². The van der Waals surface area contributed by atoms with Gasteiger partial charge >= 0.3 is 0 Å². The lowest BCUT2D eigenvalue weighted by molar-refractivity contribution is 0.615. The van der Waals surface area contributed by atoms with Crippen LogP contribution in [0.3, 0.4) is 0 Å². The standard InChI is InChI=1S/C12H20N2S/c1-13-9-8-12-14-10-6-4-2-3-5-7-11(10)15-12/h13H,2-9H2,1H3. The molecule has 2 rings (SSSR count). The van der Waals surface area contributed by atoms with E-state index in [4.69, 9.17) is 4.98 Å². The molecule has 1 aromatic rings. The van der Waals surface area contributed by atoms with Crippen molar-refractivity contribution >= 4 is 11.3 Å². The highest BCUT2D eigenvalue weighted by Gasteiger charge is 2.12. The van der Waals surface area contributed by atoms with Gasteiger partial charge in [0.15, 0.2) is 0 Å². The second-order valence-electron chi connectivity index (χ2n) is 4.25. The van der Waals surface area contributed by atoms with Gasteiger partial charge in [-0.25, -0.2) is 4.98 Å². The van der Waals surface area contributed by atoms with Crippen molar-refractivity contribution in [3.05, 3.63) is 15.6 Å². The topological polar surface area (TPSA) is 24.9 Å². The molecule has 1 N–H and O–H groups in total. The summed E-state index contributed by atoms with van der Waals surface area (Å²) in [5.74, 6) is 0. The molecule has 0 unspecified atom stereocenters. The minimum atomic E-state index is 1.05. The van der Waals surface area contributed by atoms with E-state index in [0.717, 1.165) is 13.0 Å². The molecule has 3 heteroatoms. The van der Waals surface area contributed by atoms with Crippen molar-refractivity contribution in [2.45, 2.75) is 44.9 Å². The monoisotopic (exact) mass is 224 g/mol. The van der Waals surface area contributed by atoms with Crippen molar-refractivity contribution in [2.24, 2.45) is 0 Å². The normalized spacial score (nSPS) is 16.9. The average Bonchev–Trinajstić information content (AvgIpc) is 2.57. The number of thiazole rings is 1. The molecule has 0 fully saturated rings. The predicted molar refractivity (Wildman–Crippen MR) is 65.6 cm³/mol. The lowest BCUT2D eigenvalue weighted by atomic mass is 10.0. The molecule has 0 saturated carbocycles. The maximum atomic E-state index is 4.77. The molecule has 0 radical (unpaired) electrons. The zero-order valence-corrected chi connectivity index (χ0v) is 10.3. The van der Waals surface area contributed by atoms with Crippen LogP contribution in [0.2, 0.25) is 0 Å². The zero-order valence-electron chi connectivity index (χ0n) is 9.51. The third kappa shape index (κ3) is 3.02. The van der Waals surface area contributed by atoms with E-state index in [-0.39, 0.29) is 0 Å². The van der Waals surface area contributed by atoms with Crippen LogP contribution in [0.1, 0.15) is 41.3 Å². The van der Waals surface area contributed by atoms with Gasteiger partial charge in [-0.3, -0.25) is 0 Å². The molecule has 0 amide bonds. The Morgan fingerprint density at radius 1 is 1.20 bits per heavy atom. The first kappa shape index (κ1) is 11.1. The highest BCUT2D eigenvalue weighted by atomic mass is 32.1. The molecule has 0 saturated heterocycles. The molecule has 2 nitrogen and oxygen atoms in total. The number of aromatic nitrogens is 1. The van der Waals surface area contributed by atoms with Gasteiger partial charge in [-0.2, -0.15) is 0 Å². The molecule has 84 valence electrons. The lowest BCUT2D eigenvalue weighted by Gasteiger charge is -2.06. The van der Waals surface area contributed by atoms with Gasteiger partial charge in [-0.05, 0) is 32.7 Å². The van der Waals surface area contributed by atoms with Gasteiger partial charge < -0.3 is 5.32 Å². The summed E-state index contributed by atoms with van der Waals surface area (Å²) in [4.78, 5) is 6.34. The second kappa shape index (κ2) is 5.61. The SMILES string of the molecule is CNCCc1nc2c(s1)CCCCCC2. The number of hydrogen-bond acceptors (Lipinski definition) is 3. The number of hydrogen-bond donors (Lipinski definition) is 1. The molecule has 1 aromatic heterocycles. The van der Waals surface area contributed by atoms with Crippen LogP contribution in [0.15, 0.2) is 0 Å². The fraction of sp³-hybridized carbons (Fsp3) is 0.750. The van der Waals surface area contributed by atoms with Gasteiger partial charge in [-0.15, -0.1) is 11.3 Å². The number of rotatable bonds is 3. The quantitative estimate of drug-likeness (QED) is 0.853. The molecule has 1 aliphatic rings. The Balaban J connectivity index is 2.06. The van der Waals surface area contributed by atoms with E-state index in [2.05, 4.69) is 5.32 Å². The number of nitrogens with zero attached hydrogens (tertiary/aromatic N) is 1. The van der Waals surface area contributed by atoms with E-state index in [1.807, 2.05) is 18.4 Å². The largest absolute Gasteiger partial charge is 0.319 e. The van der Waals surface area contributed by atoms with Crippen molar-refractivity contribution < 1.29 is 0 Å². The summed E-state index contributed by atoms with van der Waals surface area (Å²) in [6.45, 7) is 1.05. The first-order chi connectivity index (χ1) is 7.40. The first-order valence-corrected chi connectivity index (χ1v) is 6.84. The summed E-state index contributed by atoms with van der Waals surface area (Å²) in [6, 6.07) is 0. The second-order valence-corrected chi connectivity index (χ2v) is 5.41. The van der Waals surface area contributed by atoms with E-state index in [1.165, 1.54) is 49.2 Å². The lowest BCUT2D eigenvalue weighted by Crippen LogP contribution is -2.10. The van der Waals surface area contributed by atoms with Gasteiger partial charge in [0.2, 0.25) is 0 Å². The van der Waals surface area contributed by atoms with Crippen LogP contribution in [0.4, 0.5) is 0 Å². The van der Waals surface area contributed by atoms with Gasteiger partial charge in [-0.1, -0.05) is 12.8 Å². The van der Waals surface area contributed by atoms with Crippen molar-refractivity contribution in [1.29, 1.82) is 0 Å². The van der Waals surface area contributed by atoms with Crippen LogP contribution in [0, 0.1) is 0 Å². The van der Waals surface area contributed by atoms with Crippen LogP contribution in [0.25, 0.3) is 0 Å². The van der Waals surface area contributed by atoms with Crippen LogP contribution < -0.4 is 5.32 Å². The molecule has 0 atom stereocenters. The maximum absolute atomic E-state index is 4.77. The van der Waals surface area contributed by atoms with Crippen LogP contribution >= 0.6 is 11.3 Å². The Labute approximate surface area is 96.1 Å². The summed E-state index contributed by atoms with van der Waals surface area (Å²) < 4.78 is 0. The van der Waals surface area contributed by atoms with E-state index < -0.39 is 0 Å². The van der Waals surface area contributed by atoms with E-state index in [9.17, 15) is 0 Å². The Kier molecular flexibility index (Phi) is 4.15. The van der Waals surface area contributed by atoms with Gasteiger partial charge in [0, 0.05) is 17.8 Å². The zero-order chi connectivity index (χ0) is 10.5. The minimum Gasteiger partial charge on any atom is -0.319 e. The van der Waals surface area contributed by atoms with Crippen LogP contribution in [-0.4, -0.2) is 18.6 Å². The molecule has 0 spiro atoms. The molecule has 1 heterocycles. The van der Waals surface area contributed by atoms with Crippen molar-refractivity contribution in [3.8, 4) is 0 Å². The van der Waals surface area contributed by atoms with Crippen molar-refractivity contribution in [1.82, 2.24) is 10.3 Å². The highest BCUT2D eigenvalue weighted by Crippen LogP contribution is 2.25. The number of aryl methyl sites for hydroxylation is 2. The fourth-order valence-electron chi connectivity index (χ4n) is 2.10. The highest BCUT2D eigenvalue weighted by molar-refractivity contribution is 7.11. The summed E-state index contributed by atoms with van der Waals surface area (Å²) in [5.41, 5.74) is 1.41. The van der Waals surface area contributed by atoms with Crippen molar-refractivity contribution in [2.75, 3.05) is 13.6 Å². The first-order valence-electron chi connectivity index (χ1n) is 6.02. The third-order valence-electron chi connectivity index (χ3n) is 2.98. The molecule has 0 aliphatic heterocycles. The van der Waals surface area contributed by atoms with Crippen molar-refractivity contribution in [3.63, 3.8) is 0 Å². The smallest absolute Gasteiger partial charge is 0.0943 e. The summed E-state index contributed by atoms with van der Waals surface area (Å²) in [7, 11) is 2.00. The number of fused-ring (bicyclic) bond motifs is 1. The maximum Gasteiger partial charge on any atom is 0.0943 e. The number of nitrogens with one attached hydrogen (secondary N) is 1. The molecule has 0 bridgehead atoms. The molecular weight excluding hydrogens is 204 g/mol. The fourth-order valence-corrected chi connectivity index (χ4v) is 3.25.